The average Bonchev–Trinajstić information content (AvgIpc) is 2.47. The molecule has 4 nitrogen and oxygen atoms in total. The van der Waals surface area contributed by atoms with E-state index in [0.717, 1.165) is 12.0 Å². The molecule has 1 unspecified atom stereocenters. The van der Waals surface area contributed by atoms with Crippen molar-refractivity contribution < 1.29 is 14.1 Å². The molecule has 2 aromatic carbocycles. The fourth-order valence-corrected chi connectivity index (χ4v) is 2.94. The minimum atomic E-state index is -2.99. The van der Waals surface area contributed by atoms with Gasteiger partial charge in [0.25, 0.3) is 7.37 Å². The van der Waals surface area contributed by atoms with E-state index in [4.69, 9.17) is 15.3 Å². The second kappa shape index (κ2) is 6.90. The highest BCUT2D eigenvalue weighted by Gasteiger charge is 2.21. The molecular weight excluding hydrogens is 285 g/mol. The summed E-state index contributed by atoms with van der Waals surface area (Å²) in [5.41, 5.74) is 6.87. The molecule has 0 aliphatic heterocycles. The maximum Gasteiger partial charge on any atom is 0.272 e. The van der Waals surface area contributed by atoms with Crippen LogP contribution >= 0.6 is 7.37 Å². The maximum absolute atomic E-state index is 12.4. The molecule has 5 heteroatoms. The summed E-state index contributed by atoms with van der Waals surface area (Å²) < 4.78 is 17.6. The van der Waals surface area contributed by atoms with Crippen molar-refractivity contribution >= 4 is 12.7 Å². The molecule has 112 valence electrons. The summed E-state index contributed by atoms with van der Waals surface area (Å²) in [4.78, 5) is 5.19. The lowest BCUT2D eigenvalue weighted by molar-refractivity contribution is -0.0944. The molecule has 0 amide bonds. The Morgan fingerprint density at radius 2 is 1.71 bits per heavy atom. The van der Waals surface area contributed by atoms with Gasteiger partial charge < -0.3 is 10.6 Å². The quantitative estimate of drug-likeness (QED) is 0.506. The van der Waals surface area contributed by atoms with E-state index in [0.29, 0.717) is 11.1 Å². The van der Waals surface area contributed by atoms with Gasteiger partial charge in [-0.3, -0.25) is 4.57 Å². The SMILES string of the molecule is CC(N)Cc1ccc(OO[P@@](C)(=O)c2ccccc2)cc1. The van der Waals surface area contributed by atoms with E-state index in [2.05, 4.69) is 0 Å². The normalized spacial score (nSPS) is 15.2. The first kappa shape index (κ1) is 15.8. The topological polar surface area (TPSA) is 61.6 Å². The molecule has 21 heavy (non-hydrogen) atoms. The number of rotatable bonds is 6. The number of benzene rings is 2. The third-order valence-electron chi connectivity index (χ3n) is 2.98. The van der Waals surface area contributed by atoms with Crippen LogP contribution in [-0.4, -0.2) is 12.7 Å². The minimum Gasteiger partial charge on any atom is -0.331 e. The van der Waals surface area contributed by atoms with Crippen LogP contribution in [0.1, 0.15) is 12.5 Å². The Bertz CT molecular complexity index is 611. The van der Waals surface area contributed by atoms with Crippen LogP contribution in [-0.2, 0) is 15.7 Å². The molecular formula is C16H20NO3P. The summed E-state index contributed by atoms with van der Waals surface area (Å²) in [6, 6.07) is 16.5. The van der Waals surface area contributed by atoms with Crippen LogP contribution < -0.4 is 15.9 Å². The van der Waals surface area contributed by atoms with E-state index in [1.807, 2.05) is 37.3 Å². The van der Waals surface area contributed by atoms with Crippen LogP contribution in [0.2, 0.25) is 0 Å². The van der Waals surface area contributed by atoms with Crippen molar-refractivity contribution in [3.63, 3.8) is 0 Å². The predicted molar refractivity (Wildman–Crippen MR) is 85.1 cm³/mol. The zero-order valence-corrected chi connectivity index (χ0v) is 13.1. The second-order valence-corrected chi connectivity index (χ2v) is 7.52. The molecule has 2 rings (SSSR count). The van der Waals surface area contributed by atoms with Gasteiger partial charge in [0.05, 0.1) is 0 Å². The van der Waals surface area contributed by atoms with Gasteiger partial charge >= 0.3 is 0 Å². The Hall–Kier alpha value is -1.61. The molecule has 0 bridgehead atoms. The largest absolute Gasteiger partial charge is 0.331 e. The number of nitrogens with two attached hydrogens (primary N) is 1. The third-order valence-corrected chi connectivity index (χ3v) is 4.58. The van der Waals surface area contributed by atoms with Crippen LogP contribution in [0.25, 0.3) is 0 Å². The Labute approximate surface area is 125 Å². The first-order valence-electron chi connectivity index (χ1n) is 6.81. The Morgan fingerprint density at radius 3 is 2.29 bits per heavy atom. The fourth-order valence-electron chi connectivity index (χ4n) is 1.91. The van der Waals surface area contributed by atoms with Gasteiger partial charge in [0, 0.05) is 18.0 Å². The molecule has 2 atom stereocenters. The van der Waals surface area contributed by atoms with Crippen LogP contribution in [0.15, 0.2) is 54.6 Å². The lowest BCUT2D eigenvalue weighted by Crippen LogP contribution is -2.17. The number of hydrogen-bond acceptors (Lipinski definition) is 4. The molecule has 0 heterocycles. The van der Waals surface area contributed by atoms with Crippen molar-refractivity contribution in [3.8, 4) is 5.75 Å². The zero-order valence-electron chi connectivity index (χ0n) is 12.2. The highest BCUT2D eigenvalue weighted by atomic mass is 31.2. The van der Waals surface area contributed by atoms with E-state index in [-0.39, 0.29) is 6.04 Å². The van der Waals surface area contributed by atoms with Gasteiger partial charge in [-0.2, -0.15) is 0 Å². The van der Waals surface area contributed by atoms with Crippen molar-refractivity contribution in [1.82, 2.24) is 0 Å². The number of hydrogen-bond donors (Lipinski definition) is 1. The molecule has 0 aliphatic rings. The summed E-state index contributed by atoms with van der Waals surface area (Å²) in [7, 11) is -2.99. The highest BCUT2D eigenvalue weighted by Crippen LogP contribution is 2.41. The van der Waals surface area contributed by atoms with E-state index in [1.54, 1.807) is 24.3 Å². The lowest BCUT2D eigenvalue weighted by Gasteiger charge is -2.13. The van der Waals surface area contributed by atoms with Gasteiger partial charge in [0.1, 0.15) is 0 Å². The molecule has 0 saturated carbocycles. The lowest BCUT2D eigenvalue weighted by atomic mass is 10.1. The first-order valence-corrected chi connectivity index (χ1v) is 8.88. The second-order valence-electron chi connectivity index (χ2n) is 5.16. The molecule has 0 radical (unpaired) electrons. The smallest absolute Gasteiger partial charge is 0.272 e. The third kappa shape index (κ3) is 4.71. The molecule has 0 fully saturated rings. The van der Waals surface area contributed by atoms with Crippen molar-refractivity contribution in [2.45, 2.75) is 19.4 Å². The Balaban J connectivity index is 1.98. The van der Waals surface area contributed by atoms with Crippen molar-refractivity contribution in [2.24, 2.45) is 5.73 Å². The van der Waals surface area contributed by atoms with Gasteiger partial charge in [-0.05, 0) is 43.2 Å². The average molecular weight is 305 g/mol. The molecule has 2 aromatic rings. The van der Waals surface area contributed by atoms with Gasteiger partial charge in [0.15, 0.2) is 5.75 Å². The van der Waals surface area contributed by atoms with Crippen LogP contribution in [0.4, 0.5) is 0 Å². The van der Waals surface area contributed by atoms with Gasteiger partial charge in [0.2, 0.25) is 0 Å². The summed E-state index contributed by atoms with van der Waals surface area (Å²) in [6.45, 7) is 3.49. The fraction of sp³-hybridized carbons (Fsp3) is 0.250. The molecule has 0 aliphatic carbocycles. The standard InChI is InChI=1S/C16H20NO3P/c1-13(17)12-14-8-10-15(11-9-14)19-20-21(2,18)16-6-4-3-5-7-16/h3-11,13H,12,17H2,1-2H3/t13?,21-/m1/s1. The Kier molecular flexibility index (Phi) is 5.18. The van der Waals surface area contributed by atoms with Gasteiger partial charge in [-0.15, -0.1) is 4.67 Å². The molecule has 0 spiro atoms. The molecule has 0 aromatic heterocycles. The van der Waals surface area contributed by atoms with Crippen LogP contribution in [0.5, 0.6) is 5.75 Å². The van der Waals surface area contributed by atoms with Crippen molar-refractivity contribution in [3.05, 3.63) is 60.2 Å². The predicted octanol–water partition coefficient (Wildman–Crippen LogP) is 3.12. The highest BCUT2D eigenvalue weighted by molar-refractivity contribution is 7.66. The summed E-state index contributed by atoms with van der Waals surface area (Å²) in [6.07, 6.45) is 0.803. The summed E-state index contributed by atoms with van der Waals surface area (Å²) >= 11 is 0. The van der Waals surface area contributed by atoms with Crippen molar-refractivity contribution in [2.75, 3.05) is 6.66 Å². The maximum atomic E-state index is 12.4. The molecule has 2 N–H and O–H groups in total. The van der Waals surface area contributed by atoms with Gasteiger partial charge in [-0.25, -0.2) is 0 Å². The van der Waals surface area contributed by atoms with Crippen LogP contribution in [0, 0.1) is 0 Å². The van der Waals surface area contributed by atoms with E-state index >= 15 is 0 Å². The summed E-state index contributed by atoms with van der Waals surface area (Å²) in [5.74, 6) is 0.515. The minimum absolute atomic E-state index is 0.113. The molecule has 0 saturated heterocycles. The Morgan fingerprint density at radius 1 is 1.10 bits per heavy atom. The first-order chi connectivity index (χ1) is 9.97. The van der Waals surface area contributed by atoms with E-state index in [1.165, 1.54) is 6.66 Å². The summed E-state index contributed by atoms with van der Waals surface area (Å²) in [5, 5.41) is 0.624. The zero-order chi connectivity index (χ0) is 15.3. The van der Waals surface area contributed by atoms with Crippen LogP contribution in [0.3, 0.4) is 0 Å². The monoisotopic (exact) mass is 305 g/mol. The van der Waals surface area contributed by atoms with E-state index < -0.39 is 7.37 Å². The van der Waals surface area contributed by atoms with Gasteiger partial charge in [-0.1, -0.05) is 30.3 Å². The van der Waals surface area contributed by atoms with Crippen molar-refractivity contribution in [1.29, 1.82) is 0 Å². The van der Waals surface area contributed by atoms with E-state index in [9.17, 15) is 4.57 Å².